The normalized spacial score (nSPS) is 10.7. The first kappa shape index (κ1) is 13.8. The van der Waals surface area contributed by atoms with Crippen molar-refractivity contribution in [1.29, 1.82) is 0 Å². The summed E-state index contributed by atoms with van der Waals surface area (Å²) in [5.74, 6) is 0.156. The summed E-state index contributed by atoms with van der Waals surface area (Å²) in [5, 5.41) is 0.700. The van der Waals surface area contributed by atoms with Crippen LogP contribution in [0.2, 0.25) is 10.0 Å². The van der Waals surface area contributed by atoms with Gasteiger partial charge in [0.2, 0.25) is 5.95 Å². The van der Waals surface area contributed by atoms with Crippen LogP contribution in [-0.4, -0.2) is 16.6 Å². The van der Waals surface area contributed by atoms with Gasteiger partial charge in [-0.25, -0.2) is 4.98 Å². The maximum Gasteiger partial charge on any atom is 0.222 e. The Morgan fingerprint density at radius 2 is 1.89 bits per heavy atom. The van der Waals surface area contributed by atoms with Crippen LogP contribution in [0.25, 0.3) is 11.1 Å². The Kier molecular flexibility index (Phi) is 4.07. The molecule has 1 aromatic heterocycles. The first-order valence-corrected chi connectivity index (χ1v) is 6.22. The molecular formula is C12H11Cl2FN4. The fraction of sp³-hybridized carbons (Fsp3) is 0.167. The number of rotatable bonds is 3. The number of halogens is 3. The highest BCUT2D eigenvalue weighted by Gasteiger charge is 2.17. The van der Waals surface area contributed by atoms with Gasteiger partial charge in [-0.05, 0) is 6.07 Å². The predicted molar refractivity (Wildman–Crippen MR) is 76.0 cm³/mol. The molecule has 0 saturated carbocycles. The summed E-state index contributed by atoms with van der Waals surface area (Å²) in [7, 11) is 0. The number of anilines is 2. The van der Waals surface area contributed by atoms with E-state index in [-0.39, 0.29) is 18.2 Å². The minimum Gasteiger partial charge on any atom is -0.383 e. The Labute approximate surface area is 119 Å². The molecule has 0 atom stereocenters. The summed E-state index contributed by atoms with van der Waals surface area (Å²) in [4.78, 5) is 7.90. The summed E-state index contributed by atoms with van der Waals surface area (Å²) in [6, 6.07) is 5.09. The lowest BCUT2D eigenvalue weighted by atomic mass is 10.0. The van der Waals surface area contributed by atoms with Gasteiger partial charge in [0.15, 0.2) is 0 Å². The van der Waals surface area contributed by atoms with Crippen LogP contribution >= 0.6 is 23.2 Å². The maximum atomic E-state index is 12.6. The van der Waals surface area contributed by atoms with Gasteiger partial charge in [-0.2, -0.15) is 4.98 Å². The Morgan fingerprint density at radius 1 is 1.16 bits per heavy atom. The van der Waals surface area contributed by atoms with E-state index in [1.165, 1.54) is 0 Å². The zero-order chi connectivity index (χ0) is 14.0. The highest BCUT2D eigenvalue weighted by molar-refractivity contribution is 6.43. The van der Waals surface area contributed by atoms with Gasteiger partial charge in [0, 0.05) is 17.5 Å². The summed E-state index contributed by atoms with van der Waals surface area (Å²) >= 11 is 12.1. The third kappa shape index (κ3) is 2.72. The molecule has 1 heterocycles. The van der Waals surface area contributed by atoms with Gasteiger partial charge < -0.3 is 11.5 Å². The van der Waals surface area contributed by atoms with Crippen molar-refractivity contribution in [2.45, 2.75) is 6.42 Å². The van der Waals surface area contributed by atoms with Crippen molar-refractivity contribution in [2.75, 3.05) is 18.1 Å². The molecule has 2 rings (SSSR count). The number of nitrogens with zero attached hydrogens (tertiary/aromatic N) is 2. The Balaban J connectivity index is 2.70. The third-order valence-electron chi connectivity index (χ3n) is 2.58. The molecule has 0 aliphatic heterocycles. The van der Waals surface area contributed by atoms with Crippen molar-refractivity contribution in [3.63, 3.8) is 0 Å². The second kappa shape index (κ2) is 5.59. The number of hydrogen-bond acceptors (Lipinski definition) is 4. The average molecular weight is 301 g/mol. The van der Waals surface area contributed by atoms with Crippen molar-refractivity contribution in [2.24, 2.45) is 0 Å². The summed E-state index contributed by atoms with van der Waals surface area (Å²) < 4.78 is 12.6. The smallest absolute Gasteiger partial charge is 0.222 e. The number of benzene rings is 1. The lowest BCUT2D eigenvalue weighted by Gasteiger charge is -2.13. The molecule has 0 fully saturated rings. The summed E-state index contributed by atoms with van der Waals surface area (Å²) in [6.07, 6.45) is 0.0785. The van der Waals surface area contributed by atoms with Crippen molar-refractivity contribution >= 4 is 35.0 Å². The van der Waals surface area contributed by atoms with Crippen LogP contribution in [0.1, 0.15) is 5.69 Å². The minimum atomic E-state index is -0.582. The molecule has 1 aromatic carbocycles. The number of aryl methyl sites for hydroxylation is 1. The van der Waals surface area contributed by atoms with Gasteiger partial charge in [-0.1, -0.05) is 35.3 Å². The lowest BCUT2D eigenvalue weighted by Crippen LogP contribution is -2.07. The minimum absolute atomic E-state index is 0.00264. The van der Waals surface area contributed by atoms with Gasteiger partial charge in [-0.3, -0.25) is 4.39 Å². The highest BCUT2D eigenvalue weighted by atomic mass is 35.5. The summed E-state index contributed by atoms with van der Waals surface area (Å²) in [6.45, 7) is -0.582. The second-order valence-electron chi connectivity index (χ2n) is 3.83. The fourth-order valence-corrected chi connectivity index (χ4v) is 2.20. The van der Waals surface area contributed by atoms with E-state index in [0.29, 0.717) is 26.9 Å². The van der Waals surface area contributed by atoms with E-state index in [2.05, 4.69) is 9.97 Å². The molecule has 0 radical (unpaired) electrons. The number of alkyl halides is 1. The topological polar surface area (TPSA) is 77.8 Å². The molecule has 0 spiro atoms. The SMILES string of the molecule is Nc1nc(N)c(-c2cccc(Cl)c2Cl)c(CCF)n1. The Bertz CT molecular complexity index is 619. The molecule has 4 N–H and O–H groups in total. The van der Waals surface area contributed by atoms with E-state index >= 15 is 0 Å². The molecule has 19 heavy (non-hydrogen) atoms. The largest absolute Gasteiger partial charge is 0.383 e. The van der Waals surface area contributed by atoms with Crippen molar-refractivity contribution in [3.8, 4) is 11.1 Å². The number of nitrogen functional groups attached to an aromatic ring is 2. The molecule has 7 heteroatoms. The van der Waals surface area contributed by atoms with Gasteiger partial charge in [-0.15, -0.1) is 0 Å². The Hall–Kier alpha value is -1.59. The standard InChI is InChI=1S/C12H11Cl2FN4/c13-7-3-1-2-6(10(7)14)9-8(4-5-15)18-12(17)19-11(9)16/h1-3H,4-5H2,(H4,16,17,18,19). The van der Waals surface area contributed by atoms with Crippen LogP contribution in [0.4, 0.5) is 16.2 Å². The molecule has 0 aliphatic carbocycles. The zero-order valence-corrected chi connectivity index (χ0v) is 11.3. The van der Waals surface area contributed by atoms with Gasteiger partial charge in [0.25, 0.3) is 0 Å². The van der Waals surface area contributed by atoms with Crippen LogP contribution in [0, 0.1) is 0 Å². The third-order valence-corrected chi connectivity index (χ3v) is 3.40. The Morgan fingerprint density at radius 3 is 2.58 bits per heavy atom. The zero-order valence-electron chi connectivity index (χ0n) is 9.83. The molecule has 0 unspecified atom stereocenters. The number of hydrogen-bond donors (Lipinski definition) is 2. The lowest BCUT2D eigenvalue weighted by molar-refractivity contribution is 0.492. The van der Waals surface area contributed by atoms with Crippen LogP contribution < -0.4 is 11.5 Å². The van der Waals surface area contributed by atoms with Gasteiger partial charge in [0.05, 0.1) is 22.4 Å². The van der Waals surface area contributed by atoms with Crippen LogP contribution in [0.15, 0.2) is 18.2 Å². The van der Waals surface area contributed by atoms with E-state index in [1.807, 2.05) is 0 Å². The molecule has 0 aliphatic rings. The van der Waals surface area contributed by atoms with E-state index in [9.17, 15) is 4.39 Å². The molecule has 4 nitrogen and oxygen atoms in total. The first-order chi connectivity index (χ1) is 9.04. The fourth-order valence-electron chi connectivity index (χ4n) is 1.81. The molecule has 100 valence electrons. The average Bonchev–Trinajstić information content (AvgIpc) is 2.34. The van der Waals surface area contributed by atoms with Crippen molar-refractivity contribution in [1.82, 2.24) is 9.97 Å². The van der Waals surface area contributed by atoms with E-state index in [1.54, 1.807) is 18.2 Å². The molecular weight excluding hydrogens is 290 g/mol. The van der Waals surface area contributed by atoms with Gasteiger partial charge >= 0.3 is 0 Å². The molecule has 0 bridgehead atoms. The van der Waals surface area contributed by atoms with Gasteiger partial charge in [0.1, 0.15) is 5.82 Å². The molecule has 0 amide bonds. The predicted octanol–water partition coefficient (Wildman–Crippen LogP) is 3.13. The molecule has 0 saturated heterocycles. The monoisotopic (exact) mass is 300 g/mol. The second-order valence-corrected chi connectivity index (χ2v) is 4.61. The van der Waals surface area contributed by atoms with E-state index in [4.69, 9.17) is 34.7 Å². The van der Waals surface area contributed by atoms with Crippen LogP contribution in [0.3, 0.4) is 0 Å². The number of nitrogens with two attached hydrogens (primary N) is 2. The van der Waals surface area contributed by atoms with Crippen molar-refractivity contribution < 1.29 is 4.39 Å². The molecule has 2 aromatic rings. The van der Waals surface area contributed by atoms with Crippen molar-refractivity contribution in [3.05, 3.63) is 33.9 Å². The van der Waals surface area contributed by atoms with E-state index in [0.717, 1.165) is 0 Å². The quantitative estimate of drug-likeness (QED) is 0.913. The van der Waals surface area contributed by atoms with Crippen LogP contribution in [-0.2, 0) is 6.42 Å². The van der Waals surface area contributed by atoms with E-state index < -0.39 is 6.67 Å². The number of aromatic nitrogens is 2. The highest BCUT2D eigenvalue weighted by Crippen LogP contribution is 2.37. The van der Waals surface area contributed by atoms with Crippen LogP contribution in [0.5, 0.6) is 0 Å². The maximum absolute atomic E-state index is 12.6. The summed E-state index contributed by atoms with van der Waals surface area (Å²) in [5.41, 5.74) is 12.8. The first-order valence-electron chi connectivity index (χ1n) is 5.46.